The highest BCUT2D eigenvalue weighted by Crippen LogP contribution is 2.24. The van der Waals surface area contributed by atoms with Gasteiger partial charge in [0, 0.05) is 19.1 Å². The first-order chi connectivity index (χ1) is 9.06. The van der Waals surface area contributed by atoms with E-state index in [1.807, 2.05) is 0 Å². The minimum Gasteiger partial charge on any atom is -0.481 e. The highest BCUT2D eigenvalue weighted by atomic mass is 16.4. The molecule has 1 saturated carbocycles. The second-order valence-electron chi connectivity index (χ2n) is 6.03. The molecule has 5 nitrogen and oxygen atoms in total. The molecule has 2 amide bonds. The van der Waals surface area contributed by atoms with E-state index in [1.165, 1.54) is 12.8 Å². The Morgan fingerprint density at radius 1 is 1.16 bits per heavy atom. The van der Waals surface area contributed by atoms with E-state index in [1.54, 1.807) is 4.90 Å². The fourth-order valence-electron chi connectivity index (χ4n) is 3.03. The van der Waals surface area contributed by atoms with Crippen LogP contribution in [0.5, 0.6) is 0 Å². The van der Waals surface area contributed by atoms with Gasteiger partial charge >= 0.3 is 12.0 Å². The van der Waals surface area contributed by atoms with Gasteiger partial charge < -0.3 is 15.3 Å². The highest BCUT2D eigenvalue weighted by molar-refractivity contribution is 5.76. The number of carboxylic acid groups (broad SMARTS) is 1. The lowest BCUT2D eigenvalue weighted by Crippen LogP contribution is -2.50. The van der Waals surface area contributed by atoms with Crippen LogP contribution in [0.3, 0.4) is 0 Å². The molecule has 108 valence electrons. The number of urea groups is 1. The van der Waals surface area contributed by atoms with Crippen LogP contribution in [0.25, 0.3) is 0 Å². The number of aliphatic carboxylic acids is 1. The Morgan fingerprint density at radius 2 is 1.84 bits per heavy atom. The zero-order valence-electron chi connectivity index (χ0n) is 11.6. The normalized spacial score (nSPS) is 31.8. The van der Waals surface area contributed by atoms with Crippen molar-refractivity contribution in [2.45, 2.75) is 51.5 Å². The van der Waals surface area contributed by atoms with Gasteiger partial charge in [-0.1, -0.05) is 6.92 Å². The molecule has 0 bridgehead atoms. The van der Waals surface area contributed by atoms with E-state index in [0.717, 1.165) is 25.2 Å². The number of nitrogens with one attached hydrogen (secondary N) is 1. The summed E-state index contributed by atoms with van der Waals surface area (Å²) in [6, 6.07) is 0.194. The number of carboxylic acids is 1. The van der Waals surface area contributed by atoms with Crippen LogP contribution in [0.1, 0.15) is 45.4 Å². The predicted molar refractivity (Wildman–Crippen MR) is 71.9 cm³/mol. The minimum absolute atomic E-state index is 0.0782. The third-order valence-electron chi connectivity index (χ3n) is 4.40. The molecule has 0 spiro atoms. The first kappa shape index (κ1) is 14.2. The molecule has 2 fully saturated rings. The molecule has 2 rings (SSSR count). The van der Waals surface area contributed by atoms with Crippen molar-refractivity contribution in [3.63, 3.8) is 0 Å². The molecule has 0 unspecified atom stereocenters. The van der Waals surface area contributed by atoms with E-state index in [4.69, 9.17) is 5.11 Å². The van der Waals surface area contributed by atoms with Gasteiger partial charge in [0.05, 0.1) is 5.92 Å². The largest absolute Gasteiger partial charge is 0.481 e. The van der Waals surface area contributed by atoms with Crippen molar-refractivity contribution >= 4 is 12.0 Å². The van der Waals surface area contributed by atoms with E-state index in [-0.39, 0.29) is 12.1 Å². The minimum atomic E-state index is -0.788. The highest BCUT2D eigenvalue weighted by Gasteiger charge is 2.29. The van der Waals surface area contributed by atoms with E-state index in [2.05, 4.69) is 12.2 Å². The summed E-state index contributed by atoms with van der Waals surface area (Å²) in [6.07, 6.45) is 5.89. The molecule has 0 aromatic rings. The Balaban J connectivity index is 1.80. The van der Waals surface area contributed by atoms with E-state index in [9.17, 15) is 9.59 Å². The van der Waals surface area contributed by atoms with Gasteiger partial charge in [0.2, 0.25) is 0 Å². The second kappa shape index (κ2) is 6.26. The number of nitrogens with zero attached hydrogens (tertiary/aromatic N) is 1. The van der Waals surface area contributed by atoms with Gasteiger partial charge in [0.15, 0.2) is 0 Å². The maximum atomic E-state index is 12.1. The van der Waals surface area contributed by atoms with Crippen molar-refractivity contribution in [1.82, 2.24) is 10.2 Å². The van der Waals surface area contributed by atoms with Crippen molar-refractivity contribution in [2.24, 2.45) is 11.8 Å². The number of amides is 2. The maximum Gasteiger partial charge on any atom is 0.317 e. The summed E-state index contributed by atoms with van der Waals surface area (Å²) < 4.78 is 0. The fraction of sp³-hybridized carbons (Fsp3) is 0.857. The van der Waals surface area contributed by atoms with Crippen molar-refractivity contribution in [1.29, 1.82) is 0 Å². The molecule has 1 heterocycles. The molecule has 19 heavy (non-hydrogen) atoms. The summed E-state index contributed by atoms with van der Waals surface area (Å²) in [5, 5.41) is 12.1. The maximum absolute atomic E-state index is 12.1. The third-order valence-corrected chi connectivity index (χ3v) is 4.40. The number of hydrogen-bond donors (Lipinski definition) is 2. The van der Waals surface area contributed by atoms with Crippen molar-refractivity contribution < 1.29 is 14.7 Å². The van der Waals surface area contributed by atoms with Crippen LogP contribution in [0.15, 0.2) is 0 Å². The van der Waals surface area contributed by atoms with Crippen LogP contribution in [-0.4, -0.2) is 41.1 Å². The van der Waals surface area contributed by atoms with Gasteiger partial charge in [-0.3, -0.25) is 4.79 Å². The zero-order valence-corrected chi connectivity index (χ0v) is 11.6. The van der Waals surface area contributed by atoms with E-state index < -0.39 is 11.9 Å². The Hall–Kier alpha value is -1.26. The van der Waals surface area contributed by atoms with E-state index >= 15 is 0 Å². The number of rotatable bonds is 2. The standard InChI is InChI=1S/C14H24N2O3/c1-10-4-6-12(7-5-10)15-14(19)16-8-2-3-11(9-16)13(17)18/h10-12H,2-9H2,1H3,(H,15,19)(H,17,18)/t10?,11-,12?/m0/s1. The summed E-state index contributed by atoms with van der Waals surface area (Å²) in [7, 11) is 0. The second-order valence-corrected chi connectivity index (χ2v) is 6.03. The molecular formula is C14H24N2O3. The van der Waals surface area contributed by atoms with Gasteiger partial charge in [-0.15, -0.1) is 0 Å². The Labute approximate surface area is 114 Å². The Bertz CT molecular complexity index is 338. The van der Waals surface area contributed by atoms with Crippen molar-refractivity contribution in [2.75, 3.05) is 13.1 Å². The summed E-state index contributed by atoms with van der Waals surface area (Å²) >= 11 is 0. The summed E-state index contributed by atoms with van der Waals surface area (Å²) in [5.74, 6) is -0.422. The molecule has 0 aromatic heterocycles. The first-order valence-corrected chi connectivity index (χ1v) is 7.34. The Morgan fingerprint density at radius 3 is 2.47 bits per heavy atom. The molecule has 2 N–H and O–H groups in total. The predicted octanol–water partition coefficient (Wildman–Crippen LogP) is 2.07. The number of carbonyl (C=O) groups excluding carboxylic acids is 1. The molecule has 2 aliphatic rings. The van der Waals surface area contributed by atoms with Crippen LogP contribution >= 0.6 is 0 Å². The number of piperidine rings is 1. The number of hydrogen-bond acceptors (Lipinski definition) is 2. The van der Waals surface area contributed by atoms with Crippen LogP contribution in [0.4, 0.5) is 4.79 Å². The average molecular weight is 268 g/mol. The average Bonchev–Trinajstić information content (AvgIpc) is 2.41. The molecule has 0 radical (unpaired) electrons. The van der Waals surface area contributed by atoms with Gasteiger partial charge in [0.25, 0.3) is 0 Å². The molecule has 1 saturated heterocycles. The lowest BCUT2D eigenvalue weighted by Gasteiger charge is -2.33. The smallest absolute Gasteiger partial charge is 0.317 e. The summed E-state index contributed by atoms with van der Waals surface area (Å²) in [5.41, 5.74) is 0. The van der Waals surface area contributed by atoms with Gasteiger partial charge in [-0.25, -0.2) is 4.79 Å². The van der Waals surface area contributed by atoms with Crippen LogP contribution in [0, 0.1) is 11.8 Å². The van der Waals surface area contributed by atoms with Crippen LogP contribution in [-0.2, 0) is 4.79 Å². The molecule has 1 atom stereocenters. The first-order valence-electron chi connectivity index (χ1n) is 7.34. The summed E-state index contributed by atoms with van der Waals surface area (Å²) in [6.45, 7) is 3.28. The van der Waals surface area contributed by atoms with Crippen LogP contribution < -0.4 is 5.32 Å². The fourth-order valence-corrected chi connectivity index (χ4v) is 3.03. The monoisotopic (exact) mass is 268 g/mol. The van der Waals surface area contributed by atoms with Crippen molar-refractivity contribution in [3.8, 4) is 0 Å². The third kappa shape index (κ3) is 3.85. The quantitative estimate of drug-likeness (QED) is 0.805. The van der Waals surface area contributed by atoms with Gasteiger partial charge in [-0.2, -0.15) is 0 Å². The molecule has 1 aliphatic heterocycles. The summed E-state index contributed by atoms with van der Waals surface area (Å²) in [4.78, 5) is 24.8. The number of likely N-dealkylation sites (tertiary alicyclic amines) is 1. The molecule has 5 heteroatoms. The molecule has 0 aromatic carbocycles. The molecular weight excluding hydrogens is 244 g/mol. The van der Waals surface area contributed by atoms with E-state index in [0.29, 0.717) is 19.5 Å². The van der Waals surface area contributed by atoms with Crippen LogP contribution in [0.2, 0.25) is 0 Å². The lowest BCUT2D eigenvalue weighted by atomic mass is 9.87. The Kier molecular flexibility index (Phi) is 4.66. The molecule has 1 aliphatic carbocycles. The topological polar surface area (TPSA) is 69.6 Å². The van der Waals surface area contributed by atoms with Gasteiger partial charge in [0.1, 0.15) is 0 Å². The lowest BCUT2D eigenvalue weighted by molar-refractivity contribution is -0.143. The SMILES string of the molecule is CC1CCC(NC(=O)N2CCC[C@H](C(=O)O)C2)CC1. The zero-order chi connectivity index (χ0) is 13.8. The number of carbonyl (C=O) groups is 2. The van der Waals surface area contributed by atoms with Crippen molar-refractivity contribution in [3.05, 3.63) is 0 Å². The van der Waals surface area contributed by atoms with Gasteiger partial charge in [-0.05, 0) is 44.4 Å².